The Hall–Kier alpha value is -9.74. The Morgan fingerprint density at radius 2 is 0.641 bits per heavy atom. The Morgan fingerprint density at radius 1 is 0.308 bits per heavy atom. The molecule has 0 N–H and O–H groups in total. The molecule has 0 amide bonds. The van der Waals surface area contributed by atoms with Crippen LogP contribution in [0, 0.1) is 0 Å². The third kappa shape index (κ3) is 8.88. The normalized spacial score (nSPS) is 12.0. The number of alkyl halides is 6. The predicted molar refractivity (Wildman–Crippen MR) is 301 cm³/mol. The van der Waals surface area contributed by atoms with Crippen LogP contribution in [0.25, 0.3) is 61.4 Å². The number of fused-ring (bicyclic) bond motifs is 3. The van der Waals surface area contributed by atoms with Gasteiger partial charge in [-0.05, 0) is 114 Å². The van der Waals surface area contributed by atoms with Gasteiger partial charge in [0.1, 0.15) is 0 Å². The Kier molecular flexibility index (Phi) is 12.7. The summed E-state index contributed by atoms with van der Waals surface area (Å²) in [6, 6.07) is 80.8. The van der Waals surface area contributed by atoms with E-state index in [-0.39, 0.29) is 0 Å². The molecule has 12 rings (SSSR count). The van der Waals surface area contributed by atoms with Crippen molar-refractivity contribution in [2.24, 2.45) is 0 Å². The fourth-order valence-electron chi connectivity index (χ4n) is 10.6. The topological polar surface area (TPSA) is 37.2 Å². The fourth-order valence-corrected chi connectivity index (χ4v) is 10.6. The van der Waals surface area contributed by atoms with Crippen LogP contribution in [0.1, 0.15) is 11.1 Å². The van der Waals surface area contributed by atoms with Crippen molar-refractivity contribution >= 4 is 55.9 Å². The third-order valence-corrected chi connectivity index (χ3v) is 14.2. The van der Waals surface area contributed by atoms with Gasteiger partial charge in [0.25, 0.3) is 0 Å². The number of para-hydroxylation sites is 4. The van der Waals surface area contributed by atoms with Gasteiger partial charge in [-0.3, -0.25) is 0 Å². The van der Waals surface area contributed by atoms with Crippen LogP contribution in [0.2, 0.25) is 0 Å². The molecule has 2 heterocycles. The lowest BCUT2D eigenvalue weighted by Gasteiger charge is -2.38. The van der Waals surface area contributed by atoms with Crippen molar-refractivity contribution in [1.82, 2.24) is 14.5 Å². The van der Waals surface area contributed by atoms with Crippen LogP contribution in [0.3, 0.4) is 0 Å². The Bertz CT molecular complexity index is 3730. The van der Waals surface area contributed by atoms with Gasteiger partial charge >= 0.3 is 12.4 Å². The van der Waals surface area contributed by atoms with Crippen molar-refractivity contribution in [3.8, 4) is 39.6 Å². The van der Waals surface area contributed by atoms with E-state index in [9.17, 15) is 0 Å². The number of halogens is 6. The summed E-state index contributed by atoms with van der Waals surface area (Å²) < 4.78 is 97.2. The highest BCUT2D eigenvalue weighted by molar-refractivity contribution is 6.12. The number of benzene rings is 10. The van der Waals surface area contributed by atoms with E-state index in [0.29, 0.717) is 45.1 Å². The van der Waals surface area contributed by atoms with Crippen LogP contribution in [0.5, 0.6) is 0 Å². The van der Waals surface area contributed by atoms with Crippen molar-refractivity contribution in [2.75, 3.05) is 9.80 Å². The first-order valence-corrected chi connectivity index (χ1v) is 25.2. The number of rotatable bonds is 12. The zero-order valence-corrected chi connectivity index (χ0v) is 41.5. The maximum atomic E-state index is 15.9. The summed E-state index contributed by atoms with van der Waals surface area (Å²) in [6.07, 6.45) is -11.6. The molecule has 12 aromatic rings. The maximum Gasteiger partial charge on any atom is 0.411 e. The van der Waals surface area contributed by atoms with Gasteiger partial charge in [-0.1, -0.05) is 170 Å². The zero-order chi connectivity index (χ0) is 53.4. The van der Waals surface area contributed by atoms with Gasteiger partial charge in [0.2, 0.25) is 5.41 Å². The first-order chi connectivity index (χ1) is 38.0. The Balaban J connectivity index is 1.00. The van der Waals surface area contributed by atoms with Crippen molar-refractivity contribution in [2.45, 2.75) is 17.8 Å². The molecule has 0 aliphatic carbocycles. The first kappa shape index (κ1) is 49.2. The quantitative estimate of drug-likeness (QED) is 0.114. The molecule has 10 aromatic carbocycles. The standard InChI is InChI=1S/C67H45F6N5/c68-66(69,70)65(67(71,72)73,49-33-31-47(32-34-49)61-45-60(46-19-7-1-8-20-46)74-64(75-61)48-21-9-2-10-22-48)50-35-37-55(38-36-50)78-62-41-39-56(76(51-23-11-3-12-24-51)52-25-13-4-14-26-52)43-58(62)59-44-57(40-42-63(59)78)77(53-27-15-5-16-28-53)54-29-17-6-18-30-54/h1-45H. The van der Waals surface area contributed by atoms with E-state index in [1.807, 2.05) is 211 Å². The van der Waals surface area contributed by atoms with Crippen molar-refractivity contribution in [3.63, 3.8) is 0 Å². The van der Waals surface area contributed by atoms with Crippen LogP contribution in [-0.4, -0.2) is 26.9 Å². The summed E-state index contributed by atoms with van der Waals surface area (Å²) in [4.78, 5) is 13.8. The lowest BCUT2D eigenvalue weighted by molar-refractivity contribution is -0.288. The molecule has 0 bridgehead atoms. The van der Waals surface area contributed by atoms with Crippen LogP contribution in [0.4, 0.5) is 60.5 Å². The summed E-state index contributed by atoms with van der Waals surface area (Å²) >= 11 is 0. The molecule has 0 radical (unpaired) electrons. The van der Waals surface area contributed by atoms with Gasteiger partial charge in [0, 0.05) is 67.3 Å². The van der Waals surface area contributed by atoms with E-state index in [0.717, 1.165) is 74.7 Å². The second kappa shape index (κ2) is 20.1. The molecule has 0 atom stereocenters. The number of hydrogen-bond acceptors (Lipinski definition) is 4. The van der Waals surface area contributed by atoms with Crippen molar-refractivity contribution < 1.29 is 26.3 Å². The summed E-state index contributed by atoms with van der Waals surface area (Å²) in [5.74, 6) is 0.350. The molecule has 0 saturated carbocycles. The molecule has 380 valence electrons. The second-order valence-electron chi connectivity index (χ2n) is 18.8. The summed E-state index contributed by atoms with van der Waals surface area (Å²) in [5, 5.41) is 1.61. The average molecular weight is 1030 g/mol. The first-order valence-electron chi connectivity index (χ1n) is 25.2. The van der Waals surface area contributed by atoms with E-state index >= 15 is 26.3 Å². The molecule has 11 heteroatoms. The van der Waals surface area contributed by atoms with Gasteiger partial charge in [0.15, 0.2) is 5.82 Å². The molecular weight excluding hydrogens is 989 g/mol. The highest BCUT2D eigenvalue weighted by Gasteiger charge is 2.72. The molecule has 2 aromatic heterocycles. The van der Waals surface area contributed by atoms with Crippen LogP contribution in [0.15, 0.2) is 273 Å². The minimum absolute atomic E-state index is 0.313. The minimum Gasteiger partial charge on any atom is -0.310 e. The van der Waals surface area contributed by atoms with Crippen LogP contribution < -0.4 is 9.80 Å². The molecule has 0 aliphatic rings. The molecular formula is C67H45F6N5. The van der Waals surface area contributed by atoms with Crippen molar-refractivity contribution in [1.29, 1.82) is 0 Å². The van der Waals surface area contributed by atoms with Crippen LogP contribution in [-0.2, 0) is 5.41 Å². The summed E-state index contributed by atoms with van der Waals surface area (Å²) in [7, 11) is 0. The van der Waals surface area contributed by atoms with E-state index < -0.39 is 28.9 Å². The van der Waals surface area contributed by atoms with Gasteiger partial charge in [-0.25, -0.2) is 9.97 Å². The van der Waals surface area contributed by atoms with Crippen molar-refractivity contribution in [3.05, 3.63) is 284 Å². The monoisotopic (exact) mass is 1030 g/mol. The molecule has 78 heavy (non-hydrogen) atoms. The van der Waals surface area contributed by atoms with Gasteiger partial charge in [-0.15, -0.1) is 0 Å². The number of hydrogen-bond donors (Lipinski definition) is 0. The number of aromatic nitrogens is 3. The van der Waals surface area contributed by atoms with E-state index in [1.165, 1.54) is 24.3 Å². The highest BCUT2D eigenvalue weighted by atomic mass is 19.4. The smallest absolute Gasteiger partial charge is 0.310 e. The largest absolute Gasteiger partial charge is 0.411 e. The van der Waals surface area contributed by atoms with E-state index in [1.54, 1.807) is 6.07 Å². The third-order valence-electron chi connectivity index (χ3n) is 14.2. The molecule has 0 unspecified atom stereocenters. The van der Waals surface area contributed by atoms with Gasteiger partial charge < -0.3 is 14.4 Å². The van der Waals surface area contributed by atoms with Gasteiger partial charge in [0.05, 0.1) is 22.4 Å². The molecule has 5 nitrogen and oxygen atoms in total. The lowest BCUT2D eigenvalue weighted by Crippen LogP contribution is -2.54. The SMILES string of the molecule is FC(F)(F)C(c1ccc(-c2cc(-c3ccccc3)nc(-c3ccccc3)n2)cc1)(c1ccc(-n2c3ccc(N(c4ccccc4)c4ccccc4)cc3c3cc(N(c4ccccc4)c4ccccc4)ccc32)cc1)C(F)(F)F. The van der Waals surface area contributed by atoms with E-state index in [4.69, 9.17) is 9.97 Å². The highest BCUT2D eigenvalue weighted by Crippen LogP contribution is 2.57. The number of nitrogens with zero attached hydrogens (tertiary/aromatic N) is 5. The van der Waals surface area contributed by atoms with Gasteiger partial charge in [-0.2, -0.15) is 26.3 Å². The average Bonchev–Trinajstić information content (AvgIpc) is 3.99. The summed E-state index contributed by atoms with van der Waals surface area (Å²) in [5.41, 5.74) is 3.33. The number of anilines is 6. The second-order valence-corrected chi connectivity index (χ2v) is 18.8. The maximum absolute atomic E-state index is 15.9. The zero-order valence-electron chi connectivity index (χ0n) is 41.5. The minimum atomic E-state index is -5.82. The predicted octanol–water partition coefficient (Wildman–Crippen LogP) is 18.9. The van der Waals surface area contributed by atoms with Crippen LogP contribution >= 0.6 is 0 Å². The lowest BCUT2D eigenvalue weighted by atomic mass is 9.72. The molecule has 0 spiro atoms. The molecule has 0 fully saturated rings. The van der Waals surface area contributed by atoms with E-state index in [2.05, 4.69) is 21.9 Å². The molecule has 0 saturated heterocycles. The Labute approximate surface area is 446 Å². The molecule has 0 aliphatic heterocycles. The Morgan fingerprint density at radius 3 is 1.01 bits per heavy atom. The summed E-state index contributed by atoms with van der Waals surface area (Å²) in [6.45, 7) is 0. The fraction of sp³-hybridized carbons (Fsp3) is 0.0448.